The second-order valence-corrected chi connectivity index (χ2v) is 7.80. The Labute approximate surface area is 177 Å². The molecule has 2 fully saturated rings. The second kappa shape index (κ2) is 7.88. The van der Waals surface area contributed by atoms with E-state index in [2.05, 4.69) is 10.2 Å². The Morgan fingerprint density at radius 1 is 0.862 bits per heavy atom. The molecule has 0 spiro atoms. The van der Waals surface area contributed by atoms with E-state index < -0.39 is 0 Å². The van der Waals surface area contributed by atoms with Gasteiger partial charge >= 0.3 is 0 Å². The molecule has 1 N–H and O–H groups in total. The minimum Gasteiger partial charge on any atom is -0.491 e. The number of nitrogens with zero attached hydrogens (tertiary/aromatic N) is 1. The predicted octanol–water partition coefficient (Wildman–Crippen LogP) is 4.61. The molecule has 0 amide bonds. The number of nitrogens with one attached hydrogen (secondary N) is 1. The van der Waals surface area contributed by atoms with Crippen molar-refractivity contribution in [2.24, 2.45) is 0 Å². The zero-order valence-corrected chi connectivity index (χ0v) is 16.9. The van der Waals surface area contributed by atoms with Gasteiger partial charge in [-0.3, -0.25) is 5.10 Å². The smallest absolute Gasteiger partial charge is 0.120 e. The van der Waals surface area contributed by atoms with Crippen molar-refractivity contribution in [3.05, 3.63) is 52.5 Å². The third kappa shape index (κ3) is 4.51. The van der Waals surface area contributed by atoms with Gasteiger partial charge in [0.15, 0.2) is 0 Å². The first-order valence-electron chi connectivity index (χ1n) is 9.30. The maximum Gasteiger partial charge on any atom is 0.120 e. The molecular weight excluding hydrogens is 415 g/mol. The third-order valence-electron chi connectivity index (χ3n) is 4.70. The van der Waals surface area contributed by atoms with Crippen molar-refractivity contribution in [1.82, 2.24) is 10.2 Å². The molecule has 2 aromatic carbocycles. The molecule has 6 nitrogen and oxygen atoms in total. The zero-order chi connectivity index (χ0) is 19.8. The summed E-state index contributed by atoms with van der Waals surface area (Å²) < 4.78 is 21.6. The molecular formula is C21H18Cl2N2O4. The number of hydrogen-bond acceptors (Lipinski definition) is 5. The predicted molar refractivity (Wildman–Crippen MR) is 110 cm³/mol. The van der Waals surface area contributed by atoms with Gasteiger partial charge in [0.1, 0.15) is 36.9 Å². The lowest BCUT2D eigenvalue weighted by Gasteiger charge is -2.07. The lowest BCUT2D eigenvalue weighted by Crippen LogP contribution is -2.03. The van der Waals surface area contributed by atoms with Crippen molar-refractivity contribution in [2.75, 3.05) is 26.4 Å². The highest BCUT2D eigenvalue weighted by molar-refractivity contribution is 6.34. The number of H-pyrrole nitrogens is 1. The Bertz CT molecular complexity index is 951. The van der Waals surface area contributed by atoms with Crippen molar-refractivity contribution >= 4 is 23.2 Å². The summed E-state index contributed by atoms with van der Waals surface area (Å²) >= 11 is 12.9. The van der Waals surface area contributed by atoms with E-state index in [0.717, 1.165) is 35.7 Å². The first-order valence-corrected chi connectivity index (χ1v) is 10.1. The van der Waals surface area contributed by atoms with E-state index in [0.29, 0.717) is 34.8 Å². The van der Waals surface area contributed by atoms with Crippen molar-refractivity contribution < 1.29 is 18.9 Å². The lowest BCUT2D eigenvalue weighted by atomic mass is 10.1. The normalized spacial score (nSPS) is 19.8. The van der Waals surface area contributed by atoms with Crippen molar-refractivity contribution in [3.8, 4) is 34.0 Å². The Kier molecular flexibility index (Phi) is 5.09. The van der Waals surface area contributed by atoms with Gasteiger partial charge in [0.05, 0.1) is 34.6 Å². The van der Waals surface area contributed by atoms with E-state index in [1.54, 1.807) is 12.1 Å². The summed E-state index contributed by atoms with van der Waals surface area (Å²) in [6, 6.07) is 13.1. The third-order valence-corrected chi connectivity index (χ3v) is 5.33. The Balaban J connectivity index is 1.32. The van der Waals surface area contributed by atoms with Crippen LogP contribution in [0.15, 0.2) is 42.5 Å². The summed E-state index contributed by atoms with van der Waals surface area (Å²) in [6.45, 7) is 2.59. The van der Waals surface area contributed by atoms with Gasteiger partial charge in [0.2, 0.25) is 0 Å². The summed E-state index contributed by atoms with van der Waals surface area (Å²) in [4.78, 5) is 0. The molecule has 0 aliphatic carbocycles. The fraction of sp³-hybridized carbons (Fsp3) is 0.286. The first-order chi connectivity index (χ1) is 14.2. The van der Waals surface area contributed by atoms with Gasteiger partial charge in [0.25, 0.3) is 0 Å². The fourth-order valence-electron chi connectivity index (χ4n) is 2.90. The summed E-state index contributed by atoms with van der Waals surface area (Å²) in [7, 11) is 0. The van der Waals surface area contributed by atoms with Crippen LogP contribution in [0.5, 0.6) is 11.5 Å². The van der Waals surface area contributed by atoms with Crippen molar-refractivity contribution in [2.45, 2.75) is 12.2 Å². The molecule has 2 saturated heterocycles. The largest absolute Gasteiger partial charge is 0.491 e. The van der Waals surface area contributed by atoms with Gasteiger partial charge in [-0.05, 0) is 42.5 Å². The zero-order valence-electron chi connectivity index (χ0n) is 15.4. The molecule has 8 heteroatoms. The van der Waals surface area contributed by atoms with Crippen LogP contribution in [0.1, 0.15) is 0 Å². The molecule has 0 radical (unpaired) electrons. The van der Waals surface area contributed by atoms with E-state index in [4.69, 9.17) is 42.1 Å². The molecule has 29 heavy (non-hydrogen) atoms. The molecule has 2 aliphatic rings. The molecule has 3 heterocycles. The van der Waals surface area contributed by atoms with Crippen LogP contribution in [0.3, 0.4) is 0 Å². The monoisotopic (exact) mass is 432 g/mol. The summed E-state index contributed by atoms with van der Waals surface area (Å²) in [5, 5.41) is 8.56. The van der Waals surface area contributed by atoms with Gasteiger partial charge in [0, 0.05) is 11.1 Å². The average molecular weight is 433 g/mol. The molecule has 3 aromatic rings. The Hall–Kier alpha value is -2.25. The minimum absolute atomic E-state index is 0.200. The van der Waals surface area contributed by atoms with Crippen LogP contribution in [0.4, 0.5) is 0 Å². The number of ether oxygens (including phenoxy) is 4. The summed E-state index contributed by atoms with van der Waals surface area (Å²) in [5.74, 6) is 1.42. The highest BCUT2D eigenvalue weighted by atomic mass is 35.5. The van der Waals surface area contributed by atoms with Gasteiger partial charge in [-0.1, -0.05) is 23.2 Å². The Morgan fingerprint density at radius 3 is 1.93 bits per heavy atom. The SMILES string of the molecule is Clc1cc(OCC2CO2)ccc1-c1cc(-c2ccc(OCC3CO3)cc2Cl)[nH]n1. The molecule has 0 saturated carbocycles. The van der Waals surface area contributed by atoms with Crippen LogP contribution >= 0.6 is 23.2 Å². The van der Waals surface area contributed by atoms with Crippen LogP contribution in [0.25, 0.3) is 22.5 Å². The quantitative estimate of drug-likeness (QED) is 0.526. The number of rotatable bonds is 8. The van der Waals surface area contributed by atoms with Crippen LogP contribution in [0, 0.1) is 0 Å². The second-order valence-electron chi connectivity index (χ2n) is 6.98. The first kappa shape index (κ1) is 18.8. The van der Waals surface area contributed by atoms with Crippen molar-refractivity contribution in [3.63, 3.8) is 0 Å². The van der Waals surface area contributed by atoms with Crippen molar-refractivity contribution in [1.29, 1.82) is 0 Å². The fourth-order valence-corrected chi connectivity index (χ4v) is 3.44. The average Bonchev–Trinajstić information content (AvgIpc) is 3.64. The van der Waals surface area contributed by atoms with Crippen LogP contribution in [0.2, 0.25) is 10.0 Å². The molecule has 2 aliphatic heterocycles. The van der Waals surface area contributed by atoms with Gasteiger partial charge in [-0.25, -0.2) is 0 Å². The number of halogens is 2. The van der Waals surface area contributed by atoms with Crippen LogP contribution in [-0.4, -0.2) is 48.8 Å². The summed E-state index contributed by atoms with van der Waals surface area (Å²) in [6.07, 6.45) is 0.401. The number of hydrogen-bond donors (Lipinski definition) is 1. The lowest BCUT2D eigenvalue weighted by molar-refractivity contribution is 0.263. The minimum atomic E-state index is 0.200. The van der Waals surface area contributed by atoms with E-state index in [-0.39, 0.29) is 12.2 Å². The van der Waals surface area contributed by atoms with E-state index >= 15 is 0 Å². The highest BCUT2D eigenvalue weighted by Crippen LogP contribution is 2.35. The molecule has 1 aromatic heterocycles. The number of epoxide rings is 2. The van der Waals surface area contributed by atoms with Crippen LogP contribution < -0.4 is 9.47 Å². The maximum atomic E-state index is 6.46. The number of aromatic amines is 1. The van der Waals surface area contributed by atoms with Crippen LogP contribution in [-0.2, 0) is 9.47 Å². The number of aromatic nitrogens is 2. The highest BCUT2D eigenvalue weighted by Gasteiger charge is 2.24. The topological polar surface area (TPSA) is 72.2 Å². The summed E-state index contributed by atoms with van der Waals surface area (Å²) in [5.41, 5.74) is 3.17. The van der Waals surface area contributed by atoms with Gasteiger partial charge < -0.3 is 18.9 Å². The number of benzene rings is 2. The van der Waals surface area contributed by atoms with E-state index in [1.807, 2.05) is 30.3 Å². The molecule has 0 bridgehead atoms. The van der Waals surface area contributed by atoms with Gasteiger partial charge in [-0.15, -0.1) is 0 Å². The standard InChI is InChI=1S/C21H18Cl2N2O4/c22-18-5-12(26-8-14-10-28-14)1-3-16(18)20-7-21(25-24-20)17-4-2-13(6-19(17)23)27-9-15-11-29-15/h1-7,14-15H,8-11H2,(H,24,25). The molecule has 2 atom stereocenters. The van der Waals surface area contributed by atoms with Gasteiger partial charge in [-0.2, -0.15) is 5.10 Å². The molecule has 2 unspecified atom stereocenters. The molecule has 5 rings (SSSR count). The maximum absolute atomic E-state index is 6.46. The van der Waals surface area contributed by atoms with E-state index in [9.17, 15) is 0 Å². The Morgan fingerprint density at radius 2 is 1.41 bits per heavy atom. The molecule has 150 valence electrons. The van der Waals surface area contributed by atoms with E-state index in [1.165, 1.54) is 0 Å².